The van der Waals surface area contributed by atoms with Crippen molar-refractivity contribution in [1.82, 2.24) is 10.1 Å². The van der Waals surface area contributed by atoms with Crippen molar-refractivity contribution in [2.24, 2.45) is 0 Å². The van der Waals surface area contributed by atoms with Gasteiger partial charge in [-0.25, -0.2) is 9.78 Å². The third kappa shape index (κ3) is 5.33. The fraction of sp³-hybridized carbons (Fsp3) is 0.200. The number of para-hydroxylation sites is 1. The number of pyridine rings is 1. The molecule has 1 N–H and O–H groups in total. The summed E-state index contributed by atoms with van der Waals surface area (Å²) in [7, 11) is 0. The second-order valence-corrected chi connectivity index (χ2v) is 7.95. The lowest BCUT2D eigenvalue weighted by Gasteiger charge is -2.10. The first kappa shape index (κ1) is 22.1. The largest absolute Gasteiger partial charge is 0.452 e. The molecule has 0 bridgehead atoms. The highest BCUT2D eigenvalue weighted by Gasteiger charge is 2.18. The number of aryl methyl sites for hydroxylation is 2. The molecule has 156 valence electrons. The number of nitrogens with zero attached hydrogens (tertiary/aromatic N) is 2. The normalized spacial score (nSPS) is 10.7. The SMILES string of the molecule is Cc1noc(C)c1CSc1ncccc1C(=O)OCC(=O)Nc1c(Cl)cccc1Cl. The van der Waals surface area contributed by atoms with E-state index in [0.29, 0.717) is 10.8 Å². The average Bonchev–Trinajstić information content (AvgIpc) is 3.05. The molecule has 3 rings (SSSR count). The minimum absolute atomic E-state index is 0.262. The van der Waals surface area contributed by atoms with Crippen LogP contribution in [0.3, 0.4) is 0 Å². The number of carbonyl (C=O) groups excluding carboxylic acids is 2. The maximum absolute atomic E-state index is 12.5. The summed E-state index contributed by atoms with van der Waals surface area (Å²) in [6, 6.07) is 8.05. The Morgan fingerprint density at radius 3 is 2.57 bits per heavy atom. The Morgan fingerprint density at radius 1 is 1.17 bits per heavy atom. The number of carbonyl (C=O) groups is 2. The van der Waals surface area contributed by atoms with E-state index >= 15 is 0 Å². The Balaban J connectivity index is 1.62. The molecule has 30 heavy (non-hydrogen) atoms. The molecule has 10 heteroatoms. The van der Waals surface area contributed by atoms with E-state index in [-0.39, 0.29) is 21.3 Å². The predicted molar refractivity (Wildman–Crippen MR) is 115 cm³/mol. The monoisotopic (exact) mass is 465 g/mol. The summed E-state index contributed by atoms with van der Waals surface area (Å²) >= 11 is 13.4. The third-order valence-electron chi connectivity index (χ3n) is 4.09. The summed E-state index contributed by atoms with van der Waals surface area (Å²) < 4.78 is 10.3. The van der Waals surface area contributed by atoms with Crippen molar-refractivity contribution in [3.8, 4) is 0 Å². The zero-order valence-electron chi connectivity index (χ0n) is 16.1. The Bertz CT molecular complexity index is 1050. The number of thioether (sulfide) groups is 1. The summed E-state index contributed by atoms with van der Waals surface area (Å²) in [5, 5.41) is 7.51. The number of ether oxygens (including phenoxy) is 1. The fourth-order valence-corrected chi connectivity index (χ4v) is 4.14. The number of aromatic nitrogens is 2. The van der Waals surface area contributed by atoms with Crippen LogP contribution in [0.4, 0.5) is 5.69 Å². The minimum Gasteiger partial charge on any atom is -0.452 e. The van der Waals surface area contributed by atoms with E-state index in [0.717, 1.165) is 17.0 Å². The number of nitrogens with one attached hydrogen (secondary N) is 1. The molecule has 2 heterocycles. The van der Waals surface area contributed by atoms with Gasteiger partial charge in [-0.1, -0.05) is 34.4 Å². The van der Waals surface area contributed by atoms with Gasteiger partial charge in [0.1, 0.15) is 10.8 Å². The van der Waals surface area contributed by atoms with Crippen LogP contribution < -0.4 is 5.32 Å². The van der Waals surface area contributed by atoms with Gasteiger partial charge in [0.2, 0.25) is 0 Å². The molecule has 2 aromatic heterocycles. The highest BCUT2D eigenvalue weighted by atomic mass is 35.5. The molecule has 1 amide bonds. The second kappa shape index (κ2) is 9.97. The maximum Gasteiger partial charge on any atom is 0.341 e. The topological polar surface area (TPSA) is 94.3 Å². The van der Waals surface area contributed by atoms with E-state index in [1.54, 1.807) is 36.5 Å². The van der Waals surface area contributed by atoms with Crippen LogP contribution in [0.5, 0.6) is 0 Å². The van der Waals surface area contributed by atoms with Crippen LogP contribution >= 0.6 is 35.0 Å². The molecular formula is C20H17Cl2N3O4S. The van der Waals surface area contributed by atoms with Gasteiger partial charge in [-0.05, 0) is 38.1 Å². The summed E-state index contributed by atoms with van der Waals surface area (Å²) in [5.41, 5.74) is 2.26. The van der Waals surface area contributed by atoms with Crippen molar-refractivity contribution >= 4 is 52.5 Å². The summed E-state index contributed by atoms with van der Waals surface area (Å²) in [5.74, 6) is 0.0242. The van der Waals surface area contributed by atoms with Crippen LogP contribution in [0.1, 0.15) is 27.4 Å². The van der Waals surface area contributed by atoms with Crippen LogP contribution in [-0.4, -0.2) is 28.6 Å². The lowest BCUT2D eigenvalue weighted by Crippen LogP contribution is -2.21. The lowest BCUT2D eigenvalue weighted by molar-refractivity contribution is -0.119. The molecule has 0 aliphatic rings. The van der Waals surface area contributed by atoms with Crippen molar-refractivity contribution < 1.29 is 18.8 Å². The van der Waals surface area contributed by atoms with Gasteiger partial charge in [0.15, 0.2) is 6.61 Å². The zero-order valence-corrected chi connectivity index (χ0v) is 18.4. The van der Waals surface area contributed by atoms with Crippen LogP contribution in [0, 0.1) is 13.8 Å². The number of benzene rings is 1. The van der Waals surface area contributed by atoms with Crippen molar-refractivity contribution in [2.75, 3.05) is 11.9 Å². The highest BCUT2D eigenvalue weighted by Crippen LogP contribution is 2.30. The van der Waals surface area contributed by atoms with E-state index in [4.69, 9.17) is 32.5 Å². The van der Waals surface area contributed by atoms with E-state index in [9.17, 15) is 9.59 Å². The van der Waals surface area contributed by atoms with Gasteiger partial charge in [0, 0.05) is 17.5 Å². The molecule has 0 saturated carbocycles. The highest BCUT2D eigenvalue weighted by molar-refractivity contribution is 7.98. The fourth-order valence-electron chi connectivity index (χ4n) is 2.51. The molecule has 0 fully saturated rings. The quantitative estimate of drug-likeness (QED) is 0.383. The van der Waals surface area contributed by atoms with E-state index in [1.165, 1.54) is 11.8 Å². The number of halogens is 2. The van der Waals surface area contributed by atoms with Gasteiger partial charge in [-0.15, -0.1) is 11.8 Å². The van der Waals surface area contributed by atoms with Crippen molar-refractivity contribution in [3.05, 3.63) is 69.2 Å². The van der Waals surface area contributed by atoms with E-state index < -0.39 is 18.5 Å². The third-order valence-corrected chi connectivity index (χ3v) is 5.75. The molecule has 1 aromatic carbocycles. The van der Waals surface area contributed by atoms with Gasteiger partial charge >= 0.3 is 5.97 Å². The summed E-state index contributed by atoms with van der Waals surface area (Å²) in [4.78, 5) is 28.9. The van der Waals surface area contributed by atoms with Crippen LogP contribution in [-0.2, 0) is 15.3 Å². The Labute approximate surface area is 187 Å². The average molecular weight is 466 g/mol. The first-order chi connectivity index (χ1) is 14.4. The predicted octanol–water partition coefficient (Wildman–Crippen LogP) is 5.08. The van der Waals surface area contributed by atoms with Gasteiger partial charge in [0.05, 0.1) is 27.0 Å². The molecule has 0 spiro atoms. The first-order valence-electron chi connectivity index (χ1n) is 8.77. The Morgan fingerprint density at radius 2 is 1.90 bits per heavy atom. The second-order valence-electron chi connectivity index (χ2n) is 6.17. The molecule has 7 nitrogen and oxygen atoms in total. The number of rotatable bonds is 7. The lowest BCUT2D eigenvalue weighted by atomic mass is 10.2. The number of anilines is 1. The van der Waals surface area contributed by atoms with Crippen molar-refractivity contribution in [2.45, 2.75) is 24.6 Å². The van der Waals surface area contributed by atoms with Gasteiger partial charge < -0.3 is 14.6 Å². The minimum atomic E-state index is -0.662. The van der Waals surface area contributed by atoms with Crippen LogP contribution in [0.15, 0.2) is 46.1 Å². The van der Waals surface area contributed by atoms with E-state index in [2.05, 4.69) is 15.5 Å². The smallest absolute Gasteiger partial charge is 0.341 e. The van der Waals surface area contributed by atoms with Crippen LogP contribution in [0.25, 0.3) is 0 Å². The molecule has 0 saturated heterocycles. The van der Waals surface area contributed by atoms with Gasteiger partial charge in [-0.2, -0.15) is 0 Å². The standard InChI is InChI=1S/C20H17Cl2N3O4S/c1-11-14(12(2)29-25-11)10-30-19-13(5-4-8-23-19)20(27)28-9-17(26)24-18-15(21)6-3-7-16(18)22/h3-8H,9-10H2,1-2H3,(H,24,26). The molecule has 0 atom stereocenters. The van der Waals surface area contributed by atoms with Gasteiger partial charge in [-0.3, -0.25) is 4.79 Å². The van der Waals surface area contributed by atoms with E-state index in [1.807, 2.05) is 13.8 Å². The molecule has 3 aromatic rings. The maximum atomic E-state index is 12.5. The van der Waals surface area contributed by atoms with Crippen LogP contribution in [0.2, 0.25) is 10.0 Å². The number of hydrogen-bond acceptors (Lipinski definition) is 7. The molecule has 0 unspecified atom stereocenters. The Hall–Kier alpha value is -2.55. The number of hydrogen-bond donors (Lipinski definition) is 1. The summed E-state index contributed by atoms with van der Waals surface area (Å²) in [6.07, 6.45) is 1.58. The van der Waals surface area contributed by atoms with Crippen molar-refractivity contribution in [1.29, 1.82) is 0 Å². The molecule has 0 aliphatic carbocycles. The molecule has 0 radical (unpaired) electrons. The molecular weight excluding hydrogens is 449 g/mol. The summed E-state index contributed by atoms with van der Waals surface area (Å²) in [6.45, 7) is 3.18. The Kier molecular flexibility index (Phi) is 7.36. The first-order valence-corrected chi connectivity index (χ1v) is 10.5. The van der Waals surface area contributed by atoms with Gasteiger partial charge in [0.25, 0.3) is 5.91 Å². The zero-order chi connectivity index (χ0) is 21.7. The molecule has 0 aliphatic heterocycles. The number of esters is 1. The van der Waals surface area contributed by atoms with Crippen molar-refractivity contribution in [3.63, 3.8) is 0 Å². The number of amides is 1.